The Labute approximate surface area is 153 Å². The third-order valence-corrected chi connectivity index (χ3v) is 5.21. The number of pyridine rings is 1. The van der Waals surface area contributed by atoms with Crippen LogP contribution in [0, 0.1) is 5.92 Å². The fourth-order valence-electron chi connectivity index (χ4n) is 3.18. The van der Waals surface area contributed by atoms with Crippen LogP contribution in [0.15, 0.2) is 12.1 Å². The number of rotatable bonds is 5. The number of anilines is 1. The summed E-state index contributed by atoms with van der Waals surface area (Å²) in [7, 11) is 0. The molecule has 7 heteroatoms. The number of nitrogens with one attached hydrogen (secondary N) is 1. The fraction of sp³-hybridized carbons (Fsp3) is 0.647. The van der Waals surface area contributed by atoms with Crippen LogP contribution in [0.25, 0.3) is 0 Å². The van der Waals surface area contributed by atoms with Gasteiger partial charge in [-0.3, -0.25) is 0 Å². The second-order valence-electron chi connectivity index (χ2n) is 6.53. The molecule has 0 spiro atoms. The number of urea groups is 1. The highest BCUT2D eigenvalue weighted by atomic mass is 35.5. The lowest BCUT2D eigenvalue weighted by molar-refractivity contribution is -0.0309. The monoisotopic (exact) mass is 373 g/mol. The van der Waals surface area contributed by atoms with Crippen LogP contribution in [0.1, 0.15) is 46.0 Å². The van der Waals surface area contributed by atoms with Crippen molar-refractivity contribution in [2.24, 2.45) is 5.92 Å². The molecule has 24 heavy (non-hydrogen) atoms. The van der Waals surface area contributed by atoms with Crippen LogP contribution < -0.4 is 5.32 Å². The van der Waals surface area contributed by atoms with E-state index in [0.717, 1.165) is 19.3 Å². The van der Waals surface area contributed by atoms with Gasteiger partial charge in [0.25, 0.3) is 0 Å². The van der Waals surface area contributed by atoms with E-state index >= 15 is 0 Å². The third-order valence-electron chi connectivity index (χ3n) is 4.82. The first-order chi connectivity index (χ1) is 11.3. The van der Waals surface area contributed by atoms with Gasteiger partial charge in [-0.2, -0.15) is 0 Å². The molecule has 0 aliphatic carbocycles. The molecule has 134 valence electrons. The van der Waals surface area contributed by atoms with Gasteiger partial charge in [0.1, 0.15) is 10.3 Å². The number of nitrogens with zero attached hydrogens (tertiary/aromatic N) is 2. The molecule has 0 saturated carbocycles. The van der Waals surface area contributed by atoms with Gasteiger partial charge < -0.3 is 15.3 Å². The summed E-state index contributed by atoms with van der Waals surface area (Å²) in [6.45, 7) is 5.39. The second-order valence-corrected chi connectivity index (χ2v) is 7.30. The van der Waals surface area contributed by atoms with Crippen LogP contribution in [0.5, 0.6) is 0 Å². The quantitative estimate of drug-likeness (QED) is 0.742. The number of likely N-dealkylation sites (tertiary alicyclic amines) is 1. The van der Waals surface area contributed by atoms with Gasteiger partial charge in [0.2, 0.25) is 0 Å². The number of hydrogen-bond acceptors (Lipinski definition) is 3. The smallest absolute Gasteiger partial charge is 0.321 e. The highest BCUT2D eigenvalue weighted by Crippen LogP contribution is 2.31. The van der Waals surface area contributed by atoms with E-state index in [-0.39, 0.29) is 16.3 Å². The Hall–Kier alpha value is -1.04. The topological polar surface area (TPSA) is 65.5 Å². The van der Waals surface area contributed by atoms with Crippen LogP contribution in [-0.2, 0) is 0 Å². The molecule has 1 aliphatic rings. The van der Waals surface area contributed by atoms with E-state index in [4.69, 9.17) is 23.2 Å². The maximum Gasteiger partial charge on any atom is 0.321 e. The van der Waals surface area contributed by atoms with Crippen molar-refractivity contribution in [2.75, 3.05) is 18.4 Å². The minimum atomic E-state index is -0.656. The average molecular weight is 374 g/mol. The van der Waals surface area contributed by atoms with E-state index in [0.29, 0.717) is 37.5 Å². The Morgan fingerprint density at radius 1 is 1.29 bits per heavy atom. The van der Waals surface area contributed by atoms with Crippen LogP contribution in [0.4, 0.5) is 10.5 Å². The summed E-state index contributed by atoms with van der Waals surface area (Å²) in [5, 5.41) is 14.0. The first-order valence-corrected chi connectivity index (χ1v) is 9.22. The predicted octanol–water partition coefficient (Wildman–Crippen LogP) is 4.57. The molecule has 0 bridgehead atoms. The van der Waals surface area contributed by atoms with Crippen LogP contribution in [0.2, 0.25) is 10.3 Å². The zero-order valence-electron chi connectivity index (χ0n) is 14.2. The van der Waals surface area contributed by atoms with Crippen molar-refractivity contribution < 1.29 is 9.90 Å². The first-order valence-electron chi connectivity index (χ1n) is 8.46. The van der Waals surface area contributed by atoms with Gasteiger partial charge in [-0.25, -0.2) is 9.78 Å². The highest BCUT2D eigenvalue weighted by Gasteiger charge is 2.35. The van der Waals surface area contributed by atoms with Crippen LogP contribution in [0.3, 0.4) is 0 Å². The molecule has 5 nitrogen and oxygen atoms in total. The Kier molecular flexibility index (Phi) is 6.72. The number of aromatic nitrogens is 1. The Morgan fingerprint density at radius 3 is 2.33 bits per heavy atom. The normalized spacial score (nSPS) is 17.2. The highest BCUT2D eigenvalue weighted by molar-refractivity contribution is 6.32. The molecule has 1 aliphatic heterocycles. The van der Waals surface area contributed by atoms with E-state index in [1.165, 1.54) is 0 Å². The lowest BCUT2D eigenvalue weighted by Gasteiger charge is -2.39. The average Bonchev–Trinajstić information content (AvgIpc) is 2.52. The van der Waals surface area contributed by atoms with Crippen LogP contribution in [-0.4, -0.2) is 39.7 Å². The van der Waals surface area contributed by atoms with Gasteiger partial charge in [0, 0.05) is 18.8 Å². The molecule has 2 rings (SSSR count). The van der Waals surface area contributed by atoms with Gasteiger partial charge in [-0.15, -0.1) is 0 Å². The number of amides is 2. The summed E-state index contributed by atoms with van der Waals surface area (Å²) in [5.74, 6) is 0.538. The molecule has 1 fully saturated rings. The lowest BCUT2D eigenvalue weighted by atomic mass is 9.81. The van der Waals surface area contributed by atoms with Crippen molar-refractivity contribution in [1.82, 2.24) is 9.88 Å². The first kappa shape index (κ1) is 19.3. The molecule has 0 unspecified atom stereocenters. The van der Waals surface area contributed by atoms with Crippen molar-refractivity contribution in [3.05, 3.63) is 22.4 Å². The summed E-state index contributed by atoms with van der Waals surface area (Å²) >= 11 is 11.7. The standard InChI is InChI=1S/C17H25Cl2N3O2/c1-3-12(4-2)11-17(24)5-7-22(8-6-17)16(23)20-13-9-14(18)21-15(19)10-13/h9-10,12,24H,3-8,11H2,1-2H3,(H,20,21,23). The lowest BCUT2D eigenvalue weighted by Crippen LogP contribution is -2.48. The second kappa shape index (κ2) is 8.37. The molecule has 1 aromatic rings. The van der Waals surface area contributed by atoms with Gasteiger partial charge in [0.05, 0.1) is 5.60 Å². The Balaban J connectivity index is 1.90. The summed E-state index contributed by atoms with van der Waals surface area (Å²) < 4.78 is 0. The SMILES string of the molecule is CCC(CC)CC1(O)CCN(C(=O)Nc2cc(Cl)nc(Cl)c2)CC1. The zero-order valence-corrected chi connectivity index (χ0v) is 15.7. The van der Waals surface area contributed by atoms with E-state index in [1.807, 2.05) is 0 Å². The van der Waals surface area contributed by atoms with Gasteiger partial charge >= 0.3 is 6.03 Å². The van der Waals surface area contributed by atoms with Crippen molar-refractivity contribution in [3.63, 3.8) is 0 Å². The van der Waals surface area contributed by atoms with E-state index in [1.54, 1.807) is 17.0 Å². The van der Waals surface area contributed by atoms with Crippen LogP contribution >= 0.6 is 23.2 Å². The fourth-order valence-corrected chi connectivity index (χ4v) is 3.64. The Bertz CT molecular complexity index is 551. The zero-order chi connectivity index (χ0) is 17.7. The summed E-state index contributed by atoms with van der Waals surface area (Å²) in [6.07, 6.45) is 4.17. The number of carbonyl (C=O) groups excluding carboxylic acids is 1. The number of hydrogen-bond donors (Lipinski definition) is 2. The number of piperidine rings is 1. The third kappa shape index (κ3) is 5.23. The van der Waals surface area contributed by atoms with E-state index in [9.17, 15) is 9.90 Å². The van der Waals surface area contributed by atoms with E-state index in [2.05, 4.69) is 24.1 Å². The van der Waals surface area contributed by atoms with Crippen molar-refractivity contribution in [3.8, 4) is 0 Å². The molecule has 2 N–H and O–H groups in total. The Morgan fingerprint density at radius 2 is 1.83 bits per heavy atom. The minimum Gasteiger partial charge on any atom is -0.390 e. The molecule has 2 heterocycles. The van der Waals surface area contributed by atoms with Crippen molar-refractivity contribution in [1.29, 1.82) is 0 Å². The summed E-state index contributed by atoms with van der Waals surface area (Å²) in [6, 6.07) is 2.90. The van der Waals surface area contributed by atoms with E-state index < -0.39 is 5.60 Å². The number of aliphatic hydroxyl groups is 1. The molecule has 2 amide bonds. The molecule has 0 atom stereocenters. The number of halogens is 2. The maximum atomic E-state index is 12.4. The molecular weight excluding hydrogens is 349 g/mol. The minimum absolute atomic E-state index is 0.210. The maximum absolute atomic E-state index is 12.4. The molecular formula is C17H25Cl2N3O2. The molecule has 1 aromatic heterocycles. The van der Waals surface area contributed by atoms with Gasteiger partial charge in [-0.05, 0) is 37.3 Å². The van der Waals surface area contributed by atoms with Crippen molar-refractivity contribution >= 4 is 34.9 Å². The molecule has 0 aromatic carbocycles. The summed E-state index contributed by atoms with van der Waals surface area (Å²) in [5.41, 5.74) is -0.139. The van der Waals surface area contributed by atoms with Crippen molar-refractivity contribution in [2.45, 2.75) is 51.6 Å². The van der Waals surface area contributed by atoms with Gasteiger partial charge in [-0.1, -0.05) is 49.9 Å². The largest absolute Gasteiger partial charge is 0.390 e. The predicted molar refractivity (Wildman–Crippen MR) is 97.7 cm³/mol. The molecule has 1 saturated heterocycles. The van der Waals surface area contributed by atoms with Gasteiger partial charge in [0.15, 0.2) is 0 Å². The number of carbonyl (C=O) groups is 1. The summed E-state index contributed by atoms with van der Waals surface area (Å²) in [4.78, 5) is 17.9. The molecule has 0 radical (unpaired) electrons.